The molecule has 1 saturated heterocycles. The molecule has 0 aliphatic carbocycles. The Labute approximate surface area is 154 Å². The van der Waals surface area contributed by atoms with E-state index in [1.807, 2.05) is 32.0 Å². The fourth-order valence-electron chi connectivity index (χ4n) is 3.21. The number of aromatic nitrogens is 2. The normalized spacial score (nSPS) is 15.8. The van der Waals surface area contributed by atoms with Gasteiger partial charge in [0.1, 0.15) is 6.54 Å². The Morgan fingerprint density at radius 3 is 2.42 bits per heavy atom. The van der Waals surface area contributed by atoms with E-state index in [9.17, 15) is 13.2 Å². The number of rotatable bonds is 5. The van der Waals surface area contributed by atoms with Gasteiger partial charge in [-0.2, -0.15) is 4.31 Å². The van der Waals surface area contributed by atoms with Crippen molar-refractivity contribution in [3.8, 4) is 0 Å². The van der Waals surface area contributed by atoms with Crippen LogP contribution in [0.2, 0.25) is 0 Å². The van der Waals surface area contributed by atoms with Crippen molar-refractivity contribution in [2.24, 2.45) is 0 Å². The molecule has 3 rings (SSSR count). The number of piperidine rings is 1. The van der Waals surface area contributed by atoms with E-state index < -0.39 is 10.0 Å². The number of carbonyl (C=O) groups excluding carboxylic acids is 1. The number of anilines is 1. The highest BCUT2D eigenvalue weighted by molar-refractivity contribution is 7.89. The summed E-state index contributed by atoms with van der Waals surface area (Å²) in [6.07, 6.45) is 5.61. The Morgan fingerprint density at radius 2 is 1.77 bits per heavy atom. The van der Waals surface area contributed by atoms with E-state index in [4.69, 9.17) is 0 Å². The largest absolute Gasteiger partial charge is 0.327 e. The van der Waals surface area contributed by atoms with Crippen molar-refractivity contribution < 1.29 is 13.2 Å². The molecular weight excluding hydrogens is 352 g/mol. The Kier molecular flexibility index (Phi) is 5.43. The molecule has 8 heteroatoms. The molecule has 7 nitrogen and oxygen atoms in total. The van der Waals surface area contributed by atoms with Crippen LogP contribution in [0.3, 0.4) is 0 Å². The smallest absolute Gasteiger partial charge is 0.262 e. The van der Waals surface area contributed by atoms with Crippen LogP contribution in [0.1, 0.15) is 30.4 Å². The van der Waals surface area contributed by atoms with Crippen LogP contribution in [0, 0.1) is 13.8 Å². The van der Waals surface area contributed by atoms with Crippen LogP contribution < -0.4 is 5.32 Å². The van der Waals surface area contributed by atoms with Crippen LogP contribution >= 0.6 is 0 Å². The summed E-state index contributed by atoms with van der Waals surface area (Å²) in [5, 5.41) is 2.83. The highest BCUT2D eigenvalue weighted by Gasteiger charge is 2.28. The van der Waals surface area contributed by atoms with E-state index in [0.717, 1.165) is 36.1 Å². The van der Waals surface area contributed by atoms with Crippen molar-refractivity contribution >= 4 is 21.6 Å². The lowest BCUT2D eigenvalue weighted by atomic mass is 10.1. The van der Waals surface area contributed by atoms with Crippen LogP contribution in [0.15, 0.2) is 35.7 Å². The lowest BCUT2D eigenvalue weighted by molar-refractivity contribution is -0.116. The van der Waals surface area contributed by atoms with Gasteiger partial charge in [0, 0.05) is 25.0 Å². The van der Waals surface area contributed by atoms with Crippen LogP contribution in [-0.4, -0.2) is 41.3 Å². The zero-order valence-corrected chi connectivity index (χ0v) is 15.9. The number of nitrogens with one attached hydrogen (secondary N) is 1. The van der Waals surface area contributed by atoms with Crippen molar-refractivity contribution in [2.75, 3.05) is 18.4 Å². The van der Waals surface area contributed by atoms with Crippen molar-refractivity contribution in [3.63, 3.8) is 0 Å². The number of imidazole rings is 1. The molecule has 1 amide bonds. The fourth-order valence-corrected chi connectivity index (χ4v) is 4.66. The first-order valence-corrected chi connectivity index (χ1v) is 10.2. The van der Waals surface area contributed by atoms with Crippen molar-refractivity contribution in [2.45, 2.75) is 44.7 Å². The maximum Gasteiger partial charge on any atom is 0.262 e. The van der Waals surface area contributed by atoms with E-state index in [-0.39, 0.29) is 17.5 Å². The van der Waals surface area contributed by atoms with Crippen LogP contribution in [-0.2, 0) is 21.4 Å². The minimum absolute atomic E-state index is 0.00130. The SMILES string of the molecule is Cc1cc(C)cc(NC(=O)Cn2cnc(S(=O)(=O)N3CCCCC3)c2)c1. The lowest BCUT2D eigenvalue weighted by Gasteiger charge is -2.24. The molecule has 0 unspecified atom stereocenters. The molecule has 1 aliphatic heterocycles. The zero-order valence-electron chi connectivity index (χ0n) is 15.1. The highest BCUT2D eigenvalue weighted by atomic mass is 32.2. The first kappa shape index (κ1) is 18.6. The van der Waals surface area contributed by atoms with Gasteiger partial charge in [0.2, 0.25) is 5.91 Å². The average molecular weight is 376 g/mol. The van der Waals surface area contributed by atoms with Gasteiger partial charge < -0.3 is 9.88 Å². The average Bonchev–Trinajstić information content (AvgIpc) is 3.03. The number of nitrogens with zero attached hydrogens (tertiary/aromatic N) is 3. The molecule has 1 aliphatic rings. The molecule has 1 aromatic carbocycles. The number of benzene rings is 1. The molecule has 0 radical (unpaired) electrons. The first-order chi connectivity index (χ1) is 12.3. The molecular formula is C18H24N4O3S. The zero-order chi connectivity index (χ0) is 18.7. The molecule has 140 valence electrons. The number of hydrogen-bond acceptors (Lipinski definition) is 4. The second-order valence-corrected chi connectivity index (χ2v) is 8.66. The van der Waals surface area contributed by atoms with Gasteiger partial charge in [0.05, 0.1) is 6.33 Å². The van der Waals surface area contributed by atoms with E-state index in [1.54, 1.807) is 0 Å². The molecule has 2 heterocycles. The summed E-state index contributed by atoms with van der Waals surface area (Å²) in [5.41, 5.74) is 2.87. The number of hydrogen-bond donors (Lipinski definition) is 1. The van der Waals surface area contributed by atoms with Crippen molar-refractivity contribution in [3.05, 3.63) is 41.9 Å². The second kappa shape index (κ2) is 7.59. The molecule has 0 bridgehead atoms. The number of carbonyl (C=O) groups is 1. The number of aryl methyl sites for hydroxylation is 2. The molecule has 2 aromatic rings. The predicted octanol–water partition coefficient (Wildman–Crippen LogP) is 2.31. The third kappa shape index (κ3) is 4.31. The number of amides is 1. The van der Waals surface area contributed by atoms with Crippen LogP contribution in [0.25, 0.3) is 0 Å². The molecule has 26 heavy (non-hydrogen) atoms. The summed E-state index contributed by atoms with van der Waals surface area (Å²) < 4.78 is 28.2. The topological polar surface area (TPSA) is 84.3 Å². The van der Waals surface area contributed by atoms with Gasteiger partial charge in [0.25, 0.3) is 10.0 Å². The molecule has 1 fully saturated rings. The minimum atomic E-state index is -3.58. The highest BCUT2D eigenvalue weighted by Crippen LogP contribution is 2.19. The van der Waals surface area contributed by atoms with E-state index in [2.05, 4.69) is 10.3 Å². The van der Waals surface area contributed by atoms with Gasteiger partial charge in [-0.1, -0.05) is 12.5 Å². The van der Waals surface area contributed by atoms with Gasteiger partial charge in [-0.05, 0) is 49.9 Å². The Bertz CT molecular complexity index is 879. The Hall–Kier alpha value is -2.19. The second-order valence-electron chi connectivity index (χ2n) is 6.77. The summed E-state index contributed by atoms with van der Waals surface area (Å²) in [4.78, 5) is 16.3. The summed E-state index contributed by atoms with van der Waals surface area (Å²) in [7, 11) is -3.58. The molecule has 0 saturated carbocycles. The Balaban J connectivity index is 1.67. The van der Waals surface area contributed by atoms with E-state index in [1.165, 1.54) is 21.4 Å². The van der Waals surface area contributed by atoms with Gasteiger partial charge in [0.15, 0.2) is 5.03 Å². The fraction of sp³-hybridized carbons (Fsp3) is 0.444. The standard InChI is InChI=1S/C18H24N4O3S/c1-14-8-15(2)10-16(9-14)20-17(23)11-21-12-18(19-13-21)26(24,25)22-6-4-3-5-7-22/h8-10,12-13H,3-7,11H2,1-2H3,(H,20,23). The first-order valence-electron chi connectivity index (χ1n) is 8.75. The molecule has 1 N–H and O–H groups in total. The van der Waals surface area contributed by atoms with Crippen molar-refractivity contribution in [1.29, 1.82) is 0 Å². The third-order valence-corrected chi connectivity index (χ3v) is 6.14. The third-order valence-electron chi connectivity index (χ3n) is 4.36. The van der Waals surface area contributed by atoms with Gasteiger partial charge in [-0.25, -0.2) is 13.4 Å². The maximum atomic E-state index is 12.6. The molecule has 1 aromatic heterocycles. The van der Waals surface area contributed by atoms with Crippen LogP contribution in [0.4, 0.5) is 5.69 Å². The van der Waals surface area contributed by atoms with Gasteiger partial charge in [-0.15, -0.1) is 0 Å². The van der Waals surface area contributed by atoms with E-state index >= 15 is 0 Å². The Morgan fingerprint density at radius 1 is 1.12 bits per heavy atom. The van der Waals surface area contributed by atoms with E-state index in [0.29, 0.717) is 13.1 Å². The summed E-state index contributed by atoms with van der Waals surface area (Å²) in [6, 6.07) is 5.82. The quantitative estimate of drug-likeness (QED) is 0.868. The van der Waals surface area contributed by atoms with Gasteiger partial charge >= 0.3 is 0 Å². The monoisotopic (exact) mass is 376 g/mol. The lowest BCUT2D eigenvalue weighted by Crippen LogP contribution is -2.35. The van der Waals surface area contributed by atoms with Crippen LogP contribution in [0.5, 0.6) is 0 Å². The molecule has 0 atom stereocenters. The van der Waals surface area contributed by atoms with Crippen molar-refractivity contribution in [1.82, 2.24) is 13.9 Å². The minimum Gasteiger partial charge on any atom is -0.327 e. The number of sulfonamides is 1. The summed E-state index contributed by atoms with van der Waals surface area (Å²) in [6.45, 7) is 5.01. The molecule has 0 spiro atoms. The summed E-state index contributed by atoms with van der Waals surface area (Å²) >= 11 is 0. The maximum absolute atomic E-state index is 12.6. The summed E-state index contributed by atoms with van der Waals surface area (Å²) in [5.74, 6) is -0.227. The predicted molar refractivity (Wildman–Crippen MR) is 99.4 cm³/mol. The van der Waals surface area contributed by atoms with Gasteiger partial charge in [-0.3, -0.25) is 4.79 Å².